The first-order valence-electron chi connectivity index (χ1n) is 6.78. The average Bonchev–Trinajstić information content (AvgIpc) is 2.50. The van der Waals surface area contributed by atoms with Gasteiger partial charge in [0.2, 0.25) is 11.9 Å². The van der Waals surface area contributed by atoms with E-state index < -0.39 is 0 Å². The maximum atomic E-state index is 5.71. The zero-order valence-electron chi connectivity index (χ0n) is 12.3. The van der Waals surface area contributed by atoms with Crippen molar-refractivity contribution >= 4 is 27.8 Å². The Hall–Kier alpha value is -1.89. The largest absolute Gasteiger partial charge is 0.424 e. The van der Waals surface area contributed by atoms with E-state index in [9.17, 15) is 0 Å². The van der Waals surface area contributed by atoms with Crippen molar-refractivity contribution in [1.82, 2.24) is 15.0 Å². The summed E-state index contributed by atoms with van der Waals surface area (Å²) in [5.74, 6) is 1.77. The van der Waals surface area contributed by atoms with Gasteiger partial charge in [0, 0.05) is 24.6 Å². The molecule has 2 aromatic rings. The molecule has 0 atom stereocenters. The maximum Gasteiger partial charge on any atom is 0.328 e. The Morgan fingerprint density at radius 3 is 2.33 bits per heavy atom. The smallest absolute Gasteiger partial charge is 0.328 e. The zero-order chi connectivity index (χ0) is 15.2. The minimum Gasteiger partial charge on any atom is -0.424 e. The Bertz CT molecular complexity index is 586. The van der Waals surface area contributed by atoms with Gasteiger partial charge in [-0.05, 0) is 38.1 Å². The second-order valence-electron chi connectivity index (χ2n) is 4.22. The fourth-order valence-electron chi connectivity index (χ4n) is 1.76. The van der Waals surface area contributed by atoms with E-state index in [0.29, 0.717) is 17.6 Å². The molecule has 0 fully saturated rings. The maximum absolute atomic E-state index is 5.71. The fourth-order valence-corrected chi connectivity index (χ4v) is 2.02. The molecule has 0 aliphatic carbocycles. The number of benzene rings is 1. The summed E-state index contributed by atoms with van der Waals surface area (Å²) in [5.41, 5.74) is 0. The number of hydrogen-bond donors (Lipinski definition) is 1. The molecule has 0 unspecified atom stereocenters. The van der Waals surface area contributed by atoms with Gasteiger partial charge in [-0.2, -0.15) is 15.0 Å². The van der Waals surface area contributed by atoms with E-state index in [1.165, 1.54) is 0 Å². The number of ether oxygens (including phenoxy) is 1. The van der Waals surface area contributed by atoms with Crippen molar-refractivity contribution in [2.24, 2.45) is 0 Å². The first-order valence-corrected chi connectivity index (χ1v) is 7.57. The van der Waals surface area contributed by atoms with Gasteiger partial charge in [0.05, 0.1) is 0 Å². The van der Waals surface area contributed by atoms with Crippen LogP contribution in [0.15, 0.2) is 28.7 Å². The lowest BCUT2D eigenvalue weighted by Crippen LogP contribution is -2.25. The monoisotopic (exact) mass is 351 g/mol. The second kappa shape index (κ2) is 7.21. The van der Waals surface area contributed by atoms with Gasteiger partial charge in [-0.1, -0.05) is 15.9 Å². The van der Waals surface area contributed by atoms with Gasteiger partial charge in [0.25, 0.3) is 0 Å². The number of aromatic nitrogens is 3. The predicted molar refractivity (Wildman–Crippen MR) is 87.2 cm³/mol. The van der Waals surface area contributed by atoms with Crippen LogP contribution in [0, 0.1) is 0 Å². The van der Waals surface area contributed by atoms with Gasteiger partial charge in [0.1, 0.15) is 5.75 Å². The number of anilines is 2. The van der Waals surface area contributed by atoms with Crippen molar-refractivity contribution in [2.45, 2.75) is 13.8 Å². The van der Waals surface area contributed by atoms with Crippen molar-refractivity contribution < 1.29 is 4.74 Å². The van der Waals surface area contributed by atoms with E-state index in [-0.39, 0.29) is 6.01 Å². The van der Waals surface area contributed by atoms with Crippen LogP contribution < -0.4 is 15.0 Å². The highest BCUT2D eigenvalue weighted by atomic mass is 79.9. The Morgan fingerprint density at radius 1 is 1.10 bits per heavy atom. The molecule has 2 rings (SSSR count). The van der Waals surface area contributed by atoms with E-state index in [1.54, 1.807) is 7.05 Å². The first-order chi connectivity index (χ1) is 10.2. The minimum absolute atomic E-state index is 0.276. The zero-order valence-corrected chi connectivity index (χ0v) is 13.9. The molecule has 0 radical (unpaired) electrons. The molecule has 0 saturated carbocycles. The van der Waals surface area contributed by atoms with Crippen LogP contribution in [0.4, 0.5) is 11.9 Å². The summed E-state index contributed by atoms with van der Waals surface area (Å²) in [4.78, 5) is 15.0. The third-order valence-electron chi connectivity index (χ3n) is 2.90. The molecule has 0 aliphatic rings. The van der Waals surface area contributed by atoms with Gasteiger partial charge in [0.15, 0.2) is 0 Å². The lowest BCUT2D eigenvalue weighted by Gasteiger charge is -2.19. The van der Waals surface area contributed by atoms with Crippen molar-refractivity contribution in [1.29, 1.82) is 0 Å². The van der Waals surface area contributed by atoms with Gasteiger partial charge < -0.3 is 15.0 Å². The number of nitrogens with one attached hydrogen (secondary N) is 1. The van der Waals surface area contributed by atoms with Crippen molar-refractivity contribution in [3.63, 3.8) is 0 Å². The molecule has 1 N–H and O–H groups in total. The highest BCUT2D eigenvalue weighted by molar-refractivity contribution is 9.10. The molecule has 7 heteroatoms. The van der Waals surface area contributed by atoms with Crippen LogP contribution in [0.5, 0.6) is 11.8 Å². The van der Waals surface area contributed by atoms with Crippen LogP contribution >= 0.6 is 15.9 Å². The summed E-state index contributed by atoms with van der Waals surface area (Å²) in [6, 6.07) is 7.79. The molecule has 0 bridgehead atoms. The van der Waals surface area contributed by atoms with Gasteiger partial charge >= 0.3 is 6.01 Å². The normalized spacial score (nSPS) is 10.3. The van der Waals surface area contributed by atoms with E-state index in [4.69, 9.17) is 4.74 Å². The number of hydrogen-bond acceptors (Lipinski definition) is 6. The molecule has 0 aliphatic heterocycles. The van der Waals surface area contributed by atoms with E-state index in [2.05, 4.69) is 50.0 Å². The molecule has 21 heavy (non-hydrogen) atoms. The molecular weight excluding hydrogens is 334 g/mol. The van der Waals surface area contributed by atoms with Crippen molar-refractivity contribution in [3.8, 4) is 11.8 Å². The molecule has 112 valence electrons. The topological polar surface area (TPSA) is 63.2 Å². The molecular formula is C14H18BrN5O. The second-order valence-corrected chi connectivity index (χ2v) is 5.14. The Kier molecular flexibility index (Phi) is 5.32. The van der Waals surface area contributed by atoms with Crippen LogP contribution in [0.25, 0.3) is 0 Å². The van der Waals surface area contributed by atoms with Gasteiger partial charge in [-0.25, -0.2) is 0 Å². The SMILES string of the molecule is CCN(CC)c1nc(NC)nc(Oc2ccc(Br)cc2)n1. The molecule has 0 amide bonds. The van der Waals surface area contributed by atoms with E-state index >= 15 is 0 Å². The summed E-state index contributed by atoms with van der Waals surface area (Å²) in [6.07, 6.45) is 0. The van der Waals surface area contributed by atoms with Crippen LogP contribution in [-0.2, 0) is 0 Å². The number of halogens is 1. The summed E-state index contributed by atoms with van der Waals surface area (Å²) < 4.78 is 6.70. The predicted octanol–water partition coefficient (Wildman–Crippen LogP) is 3.31. The highest BCUT2D eigenvalue weighted by Crippen LogP contribution is 2.22. The Morgan fingerprint density at radius 2 is 1.76 bits per heavy atom. The van der Waals surface area contributed by atoms with Crippen LogP contribution in [-0.4, -0.2) is 35.1 Å². The van der Waals surface area contributed by atoms with Gasteiger partial charge in [-0.15, -0.1) is 0 Å². The third-order valence-corrected chi connectivity index (χ3v) is 3.42. The number of rotatable bonds is 6. The molecule has 6 nitrogen and oxygen atoms in total. The quantitative estimate of drug-likeness (QED) is 0.861. The van der Waals surface area contributed by atoms with Gasteiger partial charge in [-0.3, -0.25) is 0 Å². The minimum atomic E-state index is 0.276. The van der Waals surface area contributed by atoms with Crippen molar-refractivity contribution in [3.05, 3.63) is 28.7 Å². The summed E-state index contributed by atoms with van der Waals surface area (Å²) in [6.45, 7) is 5.76. The Balaban J connectivity index is 2.29. The molecule has 0 saturated heterocycles. The average molecular weight is 352 g/mol. The molecule has 0 spiro atoms. The molecule has 1 heterocycles. The summed E-state index contributed by atoms with van der Waals surface area (Å²) >= 11 is 3.39. The van der Waals surface area contributed by atoms with Crippen molar-refractivity contribution in [2.75, 3.05) is 30.4 Å². The molecule has 1 aromatic carbocycles. The lowest BCUT2D eigenvalue weighted by molar-refractivity contribution is 0.440. The van der Waals surface area contributed by atoms with E-state index in [0.717, 1.165) is 17.6 Å². The fraction of sp³-hybridized carbons (Fsp3) is 0.357. The van der Waals surface area contributed by atoms with E-state index in [1.807, 2.05) is 29.2 Å². The molecule has 1 aromatic heterocycles. The van der Waals surface area contributed by atoms with Crippen LogP contribution in [0.1, 0.15) is 13.8 Å². The van der Waals surface area contributed by atoms with Crippen LogP contribution in [0.2, 0.25) is 0 Å². The lowest BCUT2D eigenvalue weighted by atomic mass is 10.3. The number of nitrogens with zero attached hydrogens (tertiary/aromatic N) is 4. The first kappa shape index (κ1) is 15.5. The Labute approximate surface area is 132 Å². The van der Waals surface area contributed by atoms with Crippen LogP contribution in [0.3, 0.4) is 0 Å². The highest BCUT2D eigenvalue weighted by Gasteiger charge is 2.12. The standard InChI is InChI=1S/C14H18BrN5O/c1-4-20(5-2)13-17-12(16-3)18-14(19-13)21-11-8-6-10(15)7-9-11/h6-9H,4-5H2,1-3H3,(H,16,17,18,19). The summed E-state index contributed by atoms with van der Waals surface area (Å²) in [7, 11) is 1.77. The summed E-state index contributed by atoms with van der Waals surface area (Å²) in [5, 5.41) is 2.93. The third kappa shape index (κ3) is 4.04.